The number of rotatable bonds is 8. The maximum Gasteiger partial charge on any atom is 0.307 e. The summed E-state index contributed by atoms with van der Waals surface area (Å²) in [6, 6.07) is 9.98. The molecule has 2 aromatic heterocycles. The average Bonchev–Trinajstić information content (AvgIpc) is 3.18. The van der Waals surface area contributed by atoms with Gasteiger partial charge in [-0.1, -0.05) is 6.07 Å². The van der Waals surface area contributed by atoms with E-state index in [4.69, 9.17) is 19.6 Å². The van der Waals surface area contributed by atoms with Crippen molar-refractivity contribution >= 4 is 16.9 Å². The number of methoxy groups -OCH3 is 1. The molecule has 2 heterocycles. The van der Waals surface area contributed by atoms with Crippen LogP contribution >= 0.6 is 0 Å². The van der Waals surface area contributed by atoms with Crippen LogP contribution in [0.25, 0.3) is 22.1 Å². The van der Waals surface area contributed by atoms with E-state index < -0.39 is 17.8 Å². The molecule has 0 amide bonds. The van der Waals surface area contributed by atoms with E-state index in [-0.39, 0.29) is 36.4 Å². The van der Waals surface area contributed by atoms with Gasteiger partial charge in [0, 0.05) is 47.0 Å². The number of halogens is 2. The minimum Gasteiger partial charge on any atom is -0.497 e. The van der Waals surface area contributed by atoms with Crippen LogP contribution in [-0.4, -0.2) is 23.2 Å². The van der Waals surface area contributed by atoms with E-state index in [9.17, 15) is 18.7 Å². The first-order valence-electron chi connectivity index (χ1n) is 9.97. The Morgan fingerprint density at radius 3 is 2.70 bits per heavy atom. The zero-order valence-corrected chi connectivity index (χ0v) is 17.6. The fourth-order valence-corrected chi connectivity index (χ4v) is 3.57. The summed E-state index contributed by atoms with van der Waals surface area (Å²) in [7, 11) is 1.49. The first-order valence-corrected chi connectivity index (χ1v) is 9.97. The summed E-state index contributed by atoms with van der Waals surface area (Å²) in [5, 5.41) is 9.59. The summed E-state index contributed by atoms with van der Waals surface area (Å²) in [5.41, 5.74) is 7.36. The molecule has 0 saturated heterocycles. The van der Waals surface area contributed by atoms with Gasteiger partial charge in [0.05, 0.1) is 19.2 Å². The summed E-state index contributed by atoms with van der Waals surface area (Å²) in [5.74, 6) is -0.795. The number of nitrogens with two attached hydrogens (primary N) is 1. The molecular formula is C24H20F2N2O5. The summed E-state index contributed by atoms with van der Waals surface area (Å²) < 4.78 is 45.1. The smallest absolute Gasteiger partial charge is 0.307 e. The standard InChI is InChI=1S/C24H20F2N2O5/c1-31-16-3-2-14(9-22(29)30)20(10-16)32-12-13-6-15-8-21(25)33-24(15)18(7-13)17-4-5-28-19(11-27)23(17)26/h2-8,10H,9,11-12,27H2,1H3,(H,29,30). The van der Waals surface area contributed by atoms with Gasteiger partial charge in [-0.3, -0.25) is 9.78 Å². The number of carbonyl (C=O) groups is 1. The minimum absolute atomic E-state index is 0.00593. The molecule has 0 aliphatic carbocycles. The molecule has 0 unspecified atom stereocenters. The van der Waals surface area contributed by atoms with E-state index in [0.717, 1.165) is 0 Å². The lowest BCUT2D eigenvalue weighted by Gasteiger charge is -2.14. The third-order valence-corrected chi connectivity index (χ3v) is 5.10. The van der Waals surface area contributed by atoms with Gasteiger partial charge in [-0.05, 0) is 29.8 Å². The Kier molecular flexibility index (Phi) is 6.23. The van der Waals surface area contributed by atoms with E-state index in [0.29, 0.717) is 33.6 Å². The maximum atomic E-state index is 15.0. The maximum absolute atomic E-state index is 15.0. The van der Waals surface area contributed by atoms with Crippen molar-refractivity contribution in [3.05, 3.63) is 77.3 Å². The van der Waals surface area contributed by atoms with Gasteiger partial charge in [0.2, 0.25) is 0 Å². The van der Waals surface area contributed by atoms with Gasteiger partial charge in [-0.2, -0.15) is 4.39 Å². The SMILES string of the molecule is COc1ccc(CC(=O)O)c(OCc2cc(-c3ccnc(CN)c3F)c3oc(F)cc3c2)c1. The molecule has 0 aliphatic rings. The topological polar surface area (TPSA) is 108 Å². The number of pyridine rings is 1. The molecule has 3 N–H and O–H groups in total. The number of carboxylic acid groups (broad SMARTS) is 1. The zero-order chi connectivity index (χ0) is 23.5. The summed E-state index contributed by atoms with van der Waals surface area (Å²) >= 11 is 0. The van der Waals surface area contributed by atoms with Crippen LogP contribution in [-0.2, 0) is 24.4 Å². The Morgan fingerprint density at radius 1 is 1.15 bits per heavy atom. The lowest BCUT2D eigenvalue weighted by atomic mass is 10.00. The molecule has 33 heavy (non-hydrogen) atoms. The third-order valence-electron chi connectivity index (χ3n) is 5.10. The third kappa shape index (κ3) is 4.63. The molecular weight excluding hydrogens is 434 g/mol. The van der Waals surface area contributed by atoms with Crippen molar-refractivity contribution in [2.75, 3.05) is 7.11 Å². The average molecular weight is 454 g/mol. The van der Waals surface area contributed by atoms with Crippen LogP contribution in [0.2, 0.25) is 0 Å². The van der Waals surface area contributed by atoms with Crippen molar-refractivity contribution in [3.8, 4) is 22.6 Å². The number of benzene rings is 2. The van der Waals surface area contributed by atoms with Crippen LogP contribution in [0.15, 0.2) is 53.1 Å². The molecule has 7 nitrogen and oxygen atoms in total. The van der Waals surface area contributed by atoms with E-state index >= 15 is 0 Å². The van der Waals surface area contributed by atoms with Gasteiger partial charge in [0.1, 0.15) is 23.7 Å². The van der Waals surface area contributed by atoms with Crippen LogP contribution in [0.4, 0.5) is 8.78 Å². The predicted molar refractivity (Wildman–Crippen MR) is 116 cm³/mol. The molecule has 4 aromatic rings. The van der Waals surface area contributed by atoms with Crippen molar-refractivity contribution in [1.82, 2.24) is 4.98 Å². The van der Waals surface area contributed by atoms with Crippen molar-refractivity contribution in [2.24, 2.45) is 5.73 Å². The van der Waals surface area contributed by atoms with Crippen LogP contribution in [0, 0.1) is 11.8 Å². The number of nitrogens with zero attached hydrogens (tertiary/aromatic N) is 1. The van der Waals surface area contributed by atoms with Gasteiger partial charge in [-0.15, -0.1) is 0 Å². The second-order valence-electron chi connectivity index (χ2n) is 7.27. The molecule has 2 aromatic carbocycles. The molecule has 0 atom stereocenters. The zero-order valence-electron chi connectivity index (χ0n) is 17.6. The van der Waals surface area contributed by atoms with Crippen molar-refractivity contribution < 1.29 is 32.6 Å². The summed E-state index contributed by atoms with van der Waals surface area (Å²) in [6.45, 7) is -0.0910. The Hall–Kier alpha value is -3.98. The Balaban J connectivity index is 1.74. The largest absolute Gasteiger partial charge is 0.497 e. The normalized spacial score (nSPS) is 11.0. The highest BCUT2D eigenvalue weighted by Crippen LogP contribution is 2.35. The van der Waals surface area contributed by atoms with E-state index in [1.165, 1.54) is 25.4 Å². The fourth-order valence-electron chi connectivity index (χ4n) is 3.57. The Morgan fingerprint density at radius 2 is 1.97 bits per heavy atom. The number of aliphatic carboxylic acids is 1. The molecule has 0 spiro atoms. The predicted octanol–water partition coefficient (Wildman–Crippen LogP) is 4.45. The lowest BCUT2D eigenvalue weighted by Crippen LogP contribution is -2.05. The molecule has 0 radical (unpaired) electrons. The molecule has 9 heteroatoms. The Bertz CT molecular complexity index is 1340. The van der Waals surface area contributed by atoms with Crippen LogP contribution in [0.3, 0.4) is 0 Å². The molecule has 0 bridgehead atoms. The van der Waals surface area contributed by atoms with Gasteiger partial charge >= 0.3 is 5.97 Å². The number of aromatic nitrogens is 1. The first-order chi connectivity index (χ1) is 15.9. The molecule has 0 fully saturated rings. The quantitative estimate of drug-likeness (QED) is 0.405. The number of carboxylic acids is 1. The number of fused-ring (bicyclic) bond motifs is 1. The summed E-state index contributed by atoms with van der Waals surface area (Å²) in [4.78, 5) is 15.1. The molecule has 4 rings (SSSR count). The van der Waals surface area contributed by atoms with Gasteiger partial charge in [-0.25, -0.2) is 4.39 Å². The second kappa shape index (κ2) is 9.25. The van der Waals surface area contributed by atoms with E-state index in [1.807, 2.05) is 0 Å². The minimum atomic E-state index is -1.01. The second-order valence-corrected chi connectivity index (χ2v) is 7.27. The van der Waals surface area contributed by atoms with Crippen LogP contribution in [0.1, 0.15) is 16.8 Å². The van der Waals surface area contributed by atoms with Crippen molar-refractivity contribution in [2.45, 2.75) is 19.6 Å². The number of hydrogen-bond donors (Lipinski definition) is 2. The number of hydrogen-bond acceptors (Lipinski definition) is 6. The molecule has 0 aliphatic heterocycles. The summed E-state index contributed by atoms with van der Waals surface area (Å²) in [6.07, 6.45) is 1.18. The van der Waals surface area contributed by atoms with Crippen molar-refractivity contribution in [1.29, 1.82) is 0 Å². The molecule has 0 saturated carbocycles. The van der Waals surface area contributed by atoms with Crippen LogP contribution < -0.4 is 15.2 Å². The molecule has 170 valence electrons. The van der Waals surface area contributed by atoms with Gasteiger partial charge < -0.3 is 24.7 Å². The number of furan rings is 1. The monoisotopic (exact) mass is 454 g/mol. The highest BCUT2D eigenvalue weighted by molar-refractivity contribution is 5.93. The lowest BCUT2D eigenvalue weighted by molar-refractivity contribution is -0.136. The van der Waals surface area contributed by atoms with Crippen molar-refractivity contribution in [3.63, 3.8) is 0 Å². The van der Waals surface area contributed by atoms with E-state index in [1.54, 1.807) is 30.3 Å². The van der Waals surface area contributed by atoms with E-state index in [2.05, 4.69) is 4.98 Å². The van der Waals surface area contributed by atoms with Gasteiger partial charge in [0.15, 0.2) is 5.82 Å². The Labute approximate surface area is 187 Å². The van der Waals surface area contributed by atoms with Gasteiger partial charge in [0.25, 0.3) is 6.01 Å². The fraction of sp³-hybridized carbons (Fsp3) is 0.167. The number of ether oxygens (including phenoxy) is 2. The highest BCUT2D eigenvalue weighted by Gasteiger charge is 2.18. The van der Waals surface area contributed by atoms with Crippen LogP contribution in [0.5, 0.6) is 11.5 Å². The first kappa shape index (κ1) is 22.2. The highest BCUT2D eigenvalue weighted by atomic mass is 19.1.